The van der Waals surface area contributed by atoms with Gasteiger partial charge in [0.05, 0.1) is 7.11 Å². The van der Waals surface area contributed by atoms with Gasteiger partial charge in [-0.1, -0.05) is 0 Å². The van der Waals surface area contributed by atoms with Gasteiger partial charge < -0.3 is 14.5 Å². The molecule has 0 atom stereocenters. The van der Waals surface area contributed by atoms with Crippen LogP contribution in [0.1, 0.15) is 5.89 Å². The van der Waals surface area contributed by atoms with Gasteiger partial charge in [-0.05, 0) is 31.3 Å². The zero-order valence-electron chi connectivity index (χ0n) is 9.93. The van der Waals surface area contributed by atoms with Gasteiger partial charge in [0.15, 0.2) is 0 Å². The SMILES string of the molecule is CNCCc1nnc(-c2ccc(OC)cc2)o1. The fraction of sp³-hybridized carbons (Fsp3) is 0.333. The number of rotatable bonds is 5. The van der Waals surface area contributed by atoms with Gasteiger partial charge in [-0.2, -0.15) is 0 Å². The number of hydrogen-bond acceptors (Lipinski definition) is 5. The molecule has 0 unspecified atom stereocenters. The molecule has 17 heavy (non-hydrogen) atoms. The summed E-state index contributed by atoms with van der Waals surface area (Å²) >= 11 is 0. The minimum Gasteiger partial charge on any atom is -0.497 e. The third-order valence-corrected chi connectivity index (χ3v) is 2.39. The molecule has 0 aliphatic heterocycles. The highest BCUT2D eigenvalue weighted by Gasteiger charge is 2.07. The molecule has 0 bridgehead atoms. The highest BCUT2D eigenvalue weighted by Crippen LogP contribution is 2.21. The molecule has 0 spiro atoms. The summed E-state index contributed by atoms with van der Waals surface area (Å²) in [5.74, 6) is 1.99. The number of aromatic nitrogens is 2. The van der Waals surface area contributed by atoms with Crippen LogP contribution in [0.3, 0.4) is 0 Å². The summed E-state index contributed by atoms with van der Waals surface area (Å²) in [7, 11) is 3.53. The summed E-state index contributed by atoms with van der Waals surface area (Å²) in [6.45, 7) is 0.824. The topological polar surface area (TPSA) is 60.2 Å². The van der Waals surface area contributed by atoms with Crippen LogP contribution in [-0.4, -0.2) is 30.9 Å². The van der Waals surface area contributed by atoms with E-state index in [1.807, 2.05) is 31.3 Å². The van der Waals surface area contributed by atoms with E-state index in [0.29, 0.717) is 11.8 Å². The van der Waals surface area contributed by atoms with Gasteiger partial charge in [0.25, 0.3) is 0 Å². The second kappa shape index (κ2) is 5.45. The molecular formula is C12H15N3O2. The average Bonchev–Trinajstić information content (AvgIpc) is 2.85. The molecule has 2 rings (SSSR count). The third kappa shape index (κ3) is 2.82. The van der Waals surface area contributed by atoms with E-state index < -0.39 is 0 Å². The first-order chi connectivity index (χ1) is 8.33. The van der Waals surface area contributed by atoms with Crippen molar-refractivity contribution in [3.63, 3.8) is 0 Å². The van der Waals surface area contributed by atoms with Crippen LogP contribution in [0.2, 0.25) is 0 Å². The van der Waals surface area contributed by atoms with Crippen molar-refractivity contribution in [1.29, 1.82) is 0 Å². The van der Waals surface area contributed by atoms with E-state index in [1.54, 1.807) is 7.11 Å². The fourth-order valence-corrected chi connectivity index (χ4v) is 1.44. The number of likely N-dealkylation sites (N-methyl/N-ethyl adjacent to an activating group) is 1. The predicted octanol–water partition coefficient (Wildman–Crippen LogP) is 1.51. The summed E-state index contributed by atoms with van der Waals surface area (Å²) in [5, 5.41) is 11.0. The Morgan fingerprint density at radius 2 is 2.00 bits per heavy atom. The molecule has 0 aliphatic carbocycles. The second-order valence-electron chi connectivity index (χ2n) is 3.58. The highest BCUT2D eigenvalue weighted by atomic mass is 16.5. The van der Waals surface area contributed by atoms with Crippen LogP contribution < -0.4 is 10.1 Å². The molecule has 2 aromatic rings. The van der Waals surface area contributed by atoms with Crippen molar-refractivity contribution in [1.82, 2.24) is 15.5 Å². The standard InChI is InChI=1S/C12H15N3O2/c1-13-8-7-11-14-15-12(17-11)9-3-5-10(16-2)6-4-9/h3-6,13H,7-8H2,1-2H3. The summed E-state index contributed by atoms with van der Waals surface area (Å²) in [6.07, 6.45) is 0.736. The zero-order valence-corrected chi connectivity index (χ0v) is 9.93. The first kappa shape index (κ1) is 11.6. The number of hydrogen-bond donors (Lipinski definition) is 1. The van der Waals surface area contributed by atoms with Gasteiger partial charge in [0, 0.05) is 18.5 Å². The van der Waals surface area contributed by atoms with Crippen LogP contribution in [0, 0.1) is 0 Å². The summed E-state index contributed by atoms with van der Waals surface area (Å²) < 4.78 is 10.6. The van der Waals surface area contributed by atoms with Gasteiger partial charge in [-0.25, -0.2) is 0 Å². The molecule has 90 valence electrons. The third-order valence-electron chi connectivity index (χ3n) is 2.39. The molecule has 1 N–H and O–H groups in total. The quantitative estimate of drug-likeness (QED) is 0.848. The Morgan fingerprint density at radius 3 is 2.65 bits per heavy atom. The Hall–Kier alpha value is -1.88. The maximum Gasteiger partial charge on any atom is 0.247 e. The maximum atomic E-state index is 5.54. The second-order valence-corrected chi connectivity index (χ2v) is 3.58. The summed E-state index contributed by atoms with van der Waals surface area (Å²) in [5.41, 5.74) is 0.897. The molecule has 5 heteroatoms. The minimum absolute atomic E-state index is 0.541. The van der Waals surface area contributed by atoms with Crippen LogP contribution in [0.25, 0.3) is 11.5 Å². The van der Waals surface area contributed by atoms with Crippen LogP contribution in [0.15, 0.2) is 28.7 Å². The monoisotopic (exact) mass is 233 g/mol. The molecule has 0 fully saturated rings. The van der Waals surface area contributed by atoms with Gasteiger partial charge in [0.1, 0.15) is 5.75 Å². The van der Waals surface area contributed by atoms with Crippen molar-refractivity contribution in [3.05, 3.63) is 30.2 Å². The summed E-state index contributed by atoms with van der Waals surface area (Å²) in [4.78, 5) is 0. The van der Waals surface area contributed by atoms with Gasteiger partial charge in [0.2, 0.25) is 11.8 Å². The Labute approximate surface area is 99.8 Å². The maximum absolute atomic E-state index is 5.54. The van der Waals surface area contributed by atoms with E-state index in [1.165, 1.54) is 0 Å². The fourth-order valence-electron chi connectivity index (χ4n) is 1.44. The molecule has 0 amide bonds. The number of nitrogens with zero attached hydrogens (tertiary/aromatic N) is 2. The molecule has 5 nitrogen and oxygen atoms in total. The van der Waals surface area contributed by atoms with Crippen molar-refractivity contribution in [2.45, 2.75) is 6.42 Å². The zero-order chi connectivity index (χ0) is 12.1. The normalized spacial score (nSPS) is 10.5. The molecule has 0 aliphatic rings. The van der Waals surface area contributed by atoms with Crippen molar-refractivity contribution in [2.75, 3.05) is 20.7 Å². The van der Waals surface area contributed by atoms with Crippen molar-refractivity contribution in [2.24, 2.45) is 0 Å². The van der Waals surface area contributed by atoms with E-state index in [4.69, 9.17) is 9.15 Å². The van der Waals surface area contributed by atoms with Gasteiger partial charge in [-0.15, -0.1) is 10.2 Å². The van der Waals surface area contributed by atoms with Crippen molar-refractivity contribution >= 4 is 0 Å². The number of benzene rings is 1. The molecular weight excluding hydrogens is 218 g/mol. The van der Waals surface area contributed by atoms with Gasteiger partial charge in [-0.3, -0.25) is 0 Å². The number of ether oxygens (including phenoxy) is 1. The Morgan fingerprint density at radius 1 is 1.24 bits per heavy atom. The molecule has 1 aromatic heterocycles. The Balaban J connectivity index is 2.12. The lowest BCUT2D eigenvalue weighted by atomic mass is 10.2. The largest absolute Gasteiger partial charge is 0.497 e. The Bertz CT molecular complexity index is 465. The van der Waals surface area contributed by atoms with E-state index in [2.05, 4.69) is 15.5 Å². The lowest BCUT2D eigenvalue weighted by molar-refractivity contribution is 0.415. The first-order valence-corrected chi connectivity index (χ1v) is 5.45. The van der Waals surface area contributed by atoms with Crippen LogP contribution >= 0.6 is 0 Å². The lowest BCUT2D eigenvalue weighted by Crippen LogP contribution is -2.10. The first-order valence-electron chi connectivity index (χ1n) is 5.45. The number of methoxy groups -OCH3 is 1. The minimum atomic E-state index is 0.541. The average molecular weight is 233 g/mol. The molecule has 0 saturated carbocycles. The van der Waals surface area contributed by atoms with E-state index in [9.17, 15) is 0 Å². The number of nitrogens with one attached hydrogen (secondary N) is 1. The van der Waals surface area contributed by atoms with Crippen LogP contribution in [-0.2, 0) is 6.42 Å². The van der Waals surface area contributed by atoms with E-state index in [-0.39, 0.29) is 0 Å². The molecule has 0 saturated heterocycles. The van der Waals surface area contributed by atoms with Crippen LogP contribution in [0.4, 0.5) is 0 Å². The molecule has 1 heterocycles. The van der Waals surface area contributed by atoms with E-state index >= 15 is 0 Å². The van der Waals surface area contributed by atoms with Gasteiger partial charge >= 0.3 is 0 Å². The smallest absolute Gasteiger partial charge is 0.247 e. The highest BCUT2D eigenvalue weighted by molar-refractivity contribution is 5.53. The van der Waals surface area contributed by atoms with Crippen molar-refractivity contribution < 1.29 is 9.15 Å². The molecule has 0 radical (unpaired) electrons. The van der Waals surface area contributed by atoms with E-state index in [0.717, 1.165) is 24.3 Å². The predicted molar refractivity (Wildman–Crippen MR) is 63.9 cm³/mol. The summed E-state index contributed by atoms with van der Waals surface area (Å²) in [6, 6.07) is 7.53. The van der Waals surface area contributed by atoms with Crippen LogP contribution in [0.5, 0.6) is 5.75 Å². The molecule has 1 aromatic carbocycles. The van der Waals surface area contributed by atoms with Crippen molar-refractivity contribution in [3.8, 4) is 17.2 Å². The lowest BCUT2D eigenvalue weighted by Gasteiger charge is -1.99. The Kier molecular flexibility index (Phi) is 3.72.